The SMILES string of the molecule is CC(C)(C)OC(=O)N[C@@]12C[C@H]1[C@H]2c1cc(Oc2ccnc3c2CNC(=O)N3)ccc1O. The molecule has 162 valence electrons. The molecule has 1 aromatic carbocycles. The lowest BCUT2D eigenvalue weighted by molar-refractivity contribution is 0.0509. The van der Waals surface area contributed by atoms with Crippen molar-refractivity contribution in [3.05, 3.63) is 41.6 Å². The van der Waals surface area contributed by atoms with Gasteiger partial charge < -0.3 is 25.2 Å². The third-order valence-corrected chi connectivity index (χ3v) is 5.87. The molecule has 0 radical (unpaired) electrons. The van der Waals surface area contributed by atoms with Crippen molar-refractivity contribution in [2.75, 3.05) is 5.32 Å². The maximum Gasteiger partial charge on any atom is 0.408 e. The maximum atomic E-state index is 12.2. The summed E-state index contributed by atoms with van der Waals surface area (Å²) >= 11 is 0. The molecule has 0 spiro atoms. The summed E-state index contributed by atoms with van der Waals surface area (Å²) in [4.78, 5) is 27.9. The van der Waals surface area contributed by atoms with Gasteiger partial charge in [-0.3, -0.25) is 5.32 Å². The summed E-state index contributed by atoms with van der Waals surface area (Å²) in [6.07, 6.45) is 1.99. The molecule has 2 aliphatic carbocycles. The van der Waals surface area contributed by atoms with E-state index in [0.29, 0.717) is 23.9 Å². The number of anilines is 1. The van der Waals surface area contributed by atoms with Gasteiger partial charge in [-0.15, -0.1) is 0 Å². The molecule has 9 heteroatoms. The lowest BCUT2D eigenvalue weighted by Crippen LogP contribution is -2.37. The van der Waals surface area contributed by atoms with Gasteiger partial charge in [0, 0.05) is 17.7 Å². The smallest absolute Gasteiger partial charge is 0.408 e. The molecule has 1 aromatic heterocycles. The van der Waals surface area contributed by atoms with Gasteiger partial charge in [0.1, 0.15) is 28.7 Å². The number of ether oxygens (including phenoxy) is 2. The van der Waals surface area contributed by atoms with Crippen LogP contribution in [0.4, 0.5) is 15.4 Å². The first-order valence-electron chi connectivity index (χ1n) is 10.2. The van der Waals surface area contributed by atoms with E-state index in [-0.39, 0.29) is 29.2 Å². The number of phenols is 1. The molecular weight excluding hydrogens is 400 g/mol. The van der Waals surface area contributed by atoms with Crippen molar-refractivity contribution in [2.24, 2.45) is 5.92 Å². The van der Waals surface area contributed by atoms with Gasteiger partial charge in [-0.25, -0.2) is 14.6 Å². The molecule has 5 rings (SSSR count). The predicted molar refractivity (Wildman–Crippen MR) is 111 cm³/mol. The van der Waals surface area contributed by atoms with Crippen molar-refractivity contribution in [3.63, 3.8) is 0 Å². The van der Waals surface area contributed by atoms with Gasteiger partial charge in [-0.2, -0.15) is 0 Å². The minimum Gasteiger partial charge on any atom is -0.508 e. The number of carbonyl (C=O) groups is 2. The Labute approximate surface area is 179 Å². The summed E-state index contributed by atoms with van der Waals surface area (Å²) in [7, 11) is 0. The number of aromatic hydroxyl groups is 1. The first-order chi connectivity index (χ1) is 14.7. The van der Waals surface area contributed by atoms with Gasteiger partial charge in [0.15, 0.2) is 0 Å². The summed E-state index contributed by atoms with van der Waals surface area (Å²) in [5.74, 6) is 2.06. The molecule has 0 saturated heterocycles. The number of alkyl carbamates (subject to hydrolysis) is 1. The molecule has 0 bridgehead atoms. The van der Waals surface area contributed by atoms with Gasteiger partial charge in [-0.1, -0.05) is 0 Å². The van der Waals surface area contributed by atoms with Crippen LogP contribution in [0.15, 0.2) is 30.5 Å². The van der Waals surface area contributed by atoms with Crippen LogP contribution in [0.1, 0.15) is 44.2 Å². The normalized spacial score (nSPS) is 25.3. The highest BCUT2D eigenvalue weighted by Crippen LogP contribution is 2.77. The van der Waals surface area contributed by atoms with E-state index in [1.54, 1.807) is 30.5 Å². The first-order valence-corrected chi connectivity index (χ1v) is 10.2. The molecule has 31 heavy (non-hydrogen) atoms. The number of urea groups is 1. The molecule has 1 aliphatic heterocycles. The van der Waals surface area contributed by atoms with E-state index in [1.165, 1.54) is 0 Å². The van der Waals surface area contributed by atoms with Crippen molar-refractivity contribution >= 4 is 17.9 Å². The second-order valence-corrected chi connectivity index (χ2v) is 9.22. The van der Waals surface area contributed by atoms with Crippen LogP contribution in [0.3, 0.4) is 0 Å². The molecule has 0 unspecified atom stereocenters. The van der Waals surface area contributed by atoms with Gasteiger partial charge in [0.2, 0.25) is 0 Å². The molecule has 3 aliphatic rings. The second kappa shape index (κ2) is 6.50. The van der Waals surface area contributed by atoms with E-state index in [0.717, 1.165) is 17.5 Å². The highest BCUT2D eigenvalue weighted by molar-refractivity contribution is 5.91. The predicted octanol–water partition coefficient (Wildman–Crippen LogP) is 3.60. The zero-order chi connectivity index (χ0) is 22.0. The minimum atomic E-state index is -0.566. The van der Waals surface area contributed by atoms with Crippen LogP contribution < -0.4 is 20.7 Å². The maximum absolute atomic E-state index is 12.2. The summed E-state index contributed by atoms with van der Waals surface area (Å²) in [6, 6.07) is 6.50. The zero-order valence-electron chi connectivity index (χ0n) is 17.5. The van der Waals surface area contributed by atoms with E-state index in [1.807, 2.05) is 20.8 Å². The number of hydrogen-bond donors (Lipinski definition) is 4. The van der Waals surface area contributed by atoms with Gasteiger partial charge in [0.25, 0.3) is 0 Å². The van der Waals surface area contributed by atoms with Gasteiger partial charge >= 0.3 is 12.1 Å². The molecular formula is C22H24N4O5. The fourth-order valence-electron chi connectivity index (χ4n) is 4.26. The molecule has 4 N–H and O–H groups in total. The number of amides is 3. The van der Waals surface area contributed by atoms with Crippen LogP contribution in [0.5, 0.6) is 17.2 Å². The van der Waals surface area contributed by atoms with Crippen LogP contribution in [0.25, 0.3) is 0 Å². The first kappa shape index (κ1) is 19.5. The van der Waals surface area contributed by atoms with E-state index < -0.39 is 11.7 Å². The van der Waals surface area contributed by atoms with E-state index in [2.05, 4.69) is 20.9 Å². The third kappa shape index (κ3) is 3.49. The molecule has 9 nitrogen and oxygen atoms in total. The summed E-state index contributed by atoms with van der Waals surface area (Å²) < 4.78 is 11.4. The number of pyridine rings is 1. The topological polar surface area (TPSA) is 122 Å². The second-order valence-electron chi connectivity index (χ2n) is 9.22. The number of nitrogens with one attached hydrogen (secondary N) is 3. The number of aromatic nitrogens is 1. The van der Waals surface area contributed by atoms with Crippen molar-refractivity contribution in [2.45, 2.75) is 50.8 Å². The number of hydrogen-bond acceptors (Lipinski definition) is 6. The Bertz CT molecular complexity index is 1100. The number of fused-ring (bicyclic) bond motifs is 2. The Kier molecular flexibility index (Phi) is 4.08. The van der Waals surface area contributed by atoms with Gasteiger partial charge in [-0.05, 0) is 57.4 Å². The van der Waals surface area contributed by atoms with Crippen LogP contribution in [-0.2, 0) is 11.3 Å². The van der Waals surface area contributed by atoms with Crippen molar-refractivity contribution in [3.8, 4) is 17.2 Å². The van der Waals surface area contributed by atoms with Crippen LogP contribution in [-0.4, -0.2) is 33.4 Å². The monoisotopic (exact) mass is 424 g/mol. The quantitative estimate of drug-likeness (QED) is 0.595. The Hall–Kier alpha value is -3.49. The lowest BCUT2D eigenvalue weighted by atomic mass is 9.99. The molecule has 2 saturated carbocycles. The van der Waals surface area contributed by atoms with Crippen molar-refractivity contribution in [1.82, 2.24) is 15.6 Å². The molecule has 3 amide bonds. The minimum absolute atomic E-state index is 0.0240. The molecule has 2 aromatic rings. The van der Waals surface area contributed by atoms with E-state index >= 15 is 0 Å². The van der Waals surface area contributed by atoms with Gasteiger partial charge in [0.05, 0.1) is 17.6 Å². The average Bonchev–Trinajstić information content (AvgIpc) is 3.52. The summed E-state index contributed by atoms with van der Waals surface area (Å²) in [6.45, 7) is 5.78. The fraction of sp³-hybridized carbons (Fsp3) is 0.409. The molecule has 3 atom stereocenters. The number of nitrogens with zero attached hydrogens (tertiary/aromatic N) is 1. The molecule has 2 heterocycles. The third-order valence-electron chi connectivity index (χ3n) is 5.87. The Morgan fingerprint density at radius 3 is 2.87 bits per heavy atom. The largest absolute Gasteiger partial charge is 0.508 e. The van der Waals surface area contributed by atoms with E-state index in [4.69, 9.17) is 9.47 Å². The highest BCUT2D eigenvalue weighted by Gasteiger charge is 2.80. The lowest BCUT2D eigenvalue weighted by Gasteiger charge is -2.22. The van der Waals surface area contributed by atoms with Crippen LogP contribution in [0.2, 0.25) is 0 Å². The number of carbonyl (C=O) groups excluding carboxylic acids is 2. The van der Waals surface area contributed by atoms with Crippen LogP contribution in [0, 0.1) is 5.92 Å². The van der Waals surface area contributed by atoms with Crippen molar-refractivity contribution < 1.29 is 24.2 Å². The number of phenolic OH excluding ortho intramolecular Hbond substituents is 1. The summed E-state index contributed by atoms with van der Waals surface area (Å²) in [5.41, 5.74) is 0.569. The average molecular weight is 424 g/mol. The van der Waals surface area contributed by atoms with Crippen molar-refractivity contribution in [1.29, 1.82) is 0 Å². The Balaban J connectivity index is 1.34. The van der Waals surface area contributed by atoms with Crippen LogP contribution >= 0.6 is 0 Å². The zero-order valence-corrected chi connectivity index (χ0v) is 17.5. The van der Waals surface area contributed by atoms with E-state index in [9.17, 15) is 14.7 Å². The Morgan fingerprint density at radius 1 is 1.32 bits per heavy atom. The summed E-state index contributed by atoms with van der Waals surface area (Å²) in [5, 5.41) is 18.8. The number of rotatable bonds is 4. The number of benzene rings is 1. The standard InChI is InChI=1S/C22H24N4O5/c1-21(2,3)31-20(29)26-22-9-14(22)17(22)12-8-11(4-5-15(12)27)30-16-6-7-23-18-13(16)10-24-19(28)25-18/h4-8,14,17,27H,9-10H2,1-3H3,(H,26,29)(H2,23,24,25,28)/t14-,17+,22-/m0/s1. The Morgan fingerprint density at radius 2 is 2.13 bits per heavy atom. The fourth-order valence-corrected chi connectivity index (χ4v) is 4.26. The highest BCUT2D eigenvalue weighted by atomic mass is 16.6. The molecule has 2 fully saturated rings.